The van der Waals surface area contributed by atoms with E-state index < -0.39 is 8.26 Å². The Bertz CT molecular complexity index is 767. The molecule has 0 saturated carbocycles. The molecule has 8 heteroatoms. The van der Waals surface area contributed by atoms with Gasteiger partial charge in [0.25, 0.3) is 0 Å². The lowest BCUT2D eigenvalue weighted by Gasteiger charge is -2.08. The van der Waals surface area contributed by atoms with Crippen LogP contribution in [-0.4, -0.2) is 20.8 Å². The van der Waals surface area contributed by atoms with E-state index in [2.05, 4.69) is 26.7 Å². The van der Waals surface area contributed by atoms with Gasteiger partial charge in [-0.1, -0.05) is 24.3 Å². The van der Waals surface area contributed by atoms with Crippen molar-refractivity contribution >= 4 is 41.1 Å². The van der Waals surface area contributed by atoms with Gasteiger partial charge in [-0.05, 0) is 43.7 Å². The second-order valence-corrected chi connectivity index (χ2v) is 8.61. The van der Waals surface area contributed by atoms with Crippen LogP contribution in [0.25, 0.3) is 0 Å². The third kappa shape index (κ3) is 9.96. The molecule has 0 saturated heterocycles. The van der Waals surface area contributed by atoms with Crippen LogP contribution in [0.1, 0.15) is 29.8 Å². The molecule has 0 aliphatic rings. The predicted octanol–water partition coefficient (Wildman–Crippen LogP) is 4.61. The van der Waals surface area contributed by atoms with Gasteiger partial charge in [0.05, 0.1) is 6.61 Å². The number of carbonyl (C=O) groups excluding carboxylic acids is 1. The highest BCUT2D eigenvalue weighted by molar-refractivity contribution is 8.31. The summed E-state index contributed by atoms with van der Waals surface area (Å²) in [6.07, 6.45) is 0. The SMILES string of the molecule is CCOc1ccc(NCc2ccc(C(C)=O)cc2)cc1.O=S(=O)(Cl)Cl. The number of nitrogens with one attached hydrogen (secondary N) is 1. The summed E-state index contributed by atoms with van der Waals surface area (Å²) in [7, 11) is 4.81. The van der Waals surface area contributed by atoms with Gasteiger partial charge < -0.3 is 10.1 Å². The Balaban J connectivity index is 0.000000550. The minimum atomic E-state index is -3.72. The number of Topliss-reactive ketones (excluding diaryl/α,β-unsaturated/α-hetero) is 1. The number of rotatable bonds is 6. The fraction of sp³-hybridized carbons (Fsp3) is 0.235. The highest BCUT2D eigenvalue weighted by atomic mass is 36.0. The van der Waals surface area contributed by atoms with Crippen LogP contribution >= 0.6 is 21.4 Å². The van der Waals surface area contributed by atoms with Crippen molar-refractivity contribution in [2.45, 2.75) is 20.4 Å². The molecule has 0 atom stereocenters. The second kappa shape index (κ2) is 10.3. The first-order valence-electron chi connectivity index (χ1n) is 7.40. The van der Waals surface area contributed by atoms with Crippen LogP contribution in [-0.2, 0) is 14.8 Å². The van der Waals surface area contributed by atoms with Gasteiger partial charge in [-0.25, -0.2) is 0 Å². The molecule has 5 nitrogen and oxygen atoms in total. The molecule has 1 N–H and O–H groups in total. The molecule has 0 unspecified atom stereocenters. The molecule has 0 fully saturated rings. The number of hydrogen-bond donors (Lipinski definition) is 1. The molecule has 0 amide bonds. The Morgan fingerprint density at radius 1 is 1.04 bits per heavy atom. The quantitative estimate of drug-likeness (QED) is 0.562. The van der Waals surface area contributed by atoms with Crippen molar-refractivity contribution in [3.8, 4) is 5.75 Å². The molecular formula is C17H19Cl2NO4S. The third-order valence-corrected chi connectivity index (χ3v) is 3.02. The summed E-state index contributed by atoms with van der Waals surface area (Å²) in [6.45, 7) is 4.95. The zero-order chi connectivity index (χ0) is 18.9. The summed E-state index contributed by atoms with van der Waals surface area (Å²) in [5.41, 5.74) is 2.93. The predicted molar refractivity (Wildman–Crippen MR) is 102 cm³/mol. The Hall–Kier alpha value is -1.76. The maximum Gasteiger partial charge on any atom is 0.317 e. The first-order chi connectivity index (χ1) is 11.7. The zero-order valence-electron chi connectivity index (χ0n) is 13.8. The molecular weight excluding hydrogens is 385 g/mol. The average molecular weight is 404 g/mol. The third-order valence-electron chi connectivity index (χ3n) is 3.02. The summed E-state index contributed by atoms with van der Waals surface area (Å²) in [5, 5.41) is 3.34. The van der Waals surface area contributed by atoms with Gasteiger partial charge in [0, 0.05) is 39.2 Å². The summed E-state index contributed by atoms with van der Waals surface area (Å²) in [5.74, 6) is 0.972. The lowest BCUT2D eigenvalue weighted by atomic mass is 10.1. The lowest BCUT2D eigenvalue weighted by molar-refractivity contribution is 0.101. The van der Waals surface area contributed by atoms with Crippen molar-refractivity contribution in [2.75, 3.05) is 11.9 Å². The standard InChI is InChI=1S/C17H19NO2.Cl2O2S/c1-3-20-17-10-8-16(9-11-17)18-12-14-4-6-15(7-5-14)13(2)19;1-5(2,3)4/h4-11,18H,3,12H2,1-2H3;. The van der Waals surface area contributed by atoms with E-state index in [0.29, 0.717) is 6.61 Å². The molecule has 2 aromatic rings. The van der Waals surface area contributed by atoms with Crippen molar-refractivity contribution < 1.29 is 17.9 Å². The molecule has 25 heavy (non-hydrogen) atoms. The summed E-state index contributed by atoms with van der Waals surface area (Å²) < 4.78 is 23.7. The van der Waals surface area contributed by atoms with E-state index in [1.165, 1.54) is 0 Å². The highest BCUT2D eigenvalue weighted by Gasteiger charge is 1.99. The topological polar surface area (TPSA) is 72.5 Å². The van der Waals surface area contributed by atoms with Crippen LogP contribution in [0.4, 0.5) is 5.69 Å². The van der Waals surface area contributed by atoms with Crippen LogP contribution in [0, 0.1) is 0 Å². The largest absolute Gasteiger partial charge is 0.494 e. The molecule has 0 aliphatic carbocycles. The monoisotopic (exact) mass is 403 g/mol. The van der Waals surface area contributed by atoms with Crippen LogP contribution in [0.2, 0.25) is 0 Å². The zero-order valence-corrected chi connectivity index (χ0v) is 16.2. The van der Waals surface area contributed by atoms with Gasteiger partial charge in [-0.15, -0.1) is 0 Å². The molecule has 0 spiro atoms. The number of halogens is 2. The second-order valence-electron chi connectivity index (χ2n) is 4.94. The van der Waals surface area contributed by atoms with Gasteiger partial charge in [0.15, 0.2) is 5.78 Å². The fourth-order valence-corrected chi connectivity index (χ4v) is 1.90. The Labute approximate surface area is 156 Å². The molecule has 136 valence electrons. The molecule has 2 rings (SSSR count). The fourth-order valence-electron chi connectivity index (χ4n) is 1.90. The molecule has 0 radical (unpaired) electrons. The molecule has 0 aromatic heterocycles. The lowest BCUT2D eigenvalue weighted by Crippen LogP contribution is -2.00. The van der Waals surface area contributed by atoms with E-state index >= 15 is 0 Å². The summed E-state index contributed by atoms with van der Waals surface area (Å²) >= 11 is 0. The molecule has 0 aliphatic heterocycles. The molecule has 2 aromatic carbocycles. The van der Waals surface area contributed by atoms with Crippen molar-refractivity contribution in [1.82, 2.24) is 0 Å². The van der Waals surface area contributed by atoms with Gasteiger partial charge in [-0.2, -0.15) is 8.42 Å². The van der Waals surface area contributed by atoms with Gasteiger partial charge in [-0.3, -0.25) is 4.79 Å². The van der Waals surface area contributed by atoms with E-state index in [9.17, 15) is 4.79 Å². The molecule has 0 heterocycles. The first-order valence-corrected chi connectivity index (χ1v) is 10.5. The smallest absolute Gasteiger partial charge is 0.317 e. The van der Waals surface area contributed by atoms with Crippen molar-refractivity contribution in [3.05, 3.63) is 59.7 Å². The number of anilines is 1. The summed E-state index contributed by atoms with van der Waals surface area (Å²) in [6, 6.07) is 15.5. The average Bonchev–Trinajstić information content (AvgIpc) is 2.53. The van der Waals surface area contributed by atoms with Gasteiger partial charge >= 0.3 is 8.26 Å². The number of benzene rings is 2. The van der Waals surface area contributed by atoms with E-state index in [0.717, 1.165) is 29.1 Å². The highest BCUT2D eigenvalue weighted by Crippen LogP contribution is 2.16. The number of hydrogen-bond acceptors (Lipinski definition) is 5. The Morgan fingerprint density at radius 2 is 1.56 bits per heavy atom. The van der Waals surface area contributed by atoms with E-state index in [4.69, 9.17) is 13.2 Å². The van der Waals surface area contributed by atoms with Gasteiger partial charge in [0.1, 0.15) is 5.75 Å². The van der Waals surface area contributed by atoms with Crippen molar-refractivity contribution in [3.63, 3.8) is 0 Å². The summed E-state index contributed by atoms with van der Waals surface area (Å²) in [4.78, 5) is 11.2. The van der Waals surface area contributed by atoms with E-state index in [-0.39, 0.29) is 5.78 Å². The number of carbonyl (C=O) groups is 1. The van der Waals surface area contributed by atoms with Crippen LogP contribution in [0.3, 0.4) is 0 Å². The van der Waals surface area contributed by atoms with Crippen LogP contribution < -0.4 is 10.1 Å². The van der Waals surface area contributed by atoms with Crippen LogP contribution in [0.5, 0.6) is 5.75 Å². The normalized spacial score (nSPS) is 10.4. The van der Waals surface area contributed by atoms with Crippen molar-refractivity contribution in [2.24, 2.45) is 0 Å². The van der Waals surface area contributed by atoms with E-state index in [1.807, 2.05) is 55.5 Å². The number of ether oxygens (including phenoxy) is 1. The van der Waals surface area contributed by atoms with E-state index in [1.54, 1.807) is 6.92 Å². The van der Waals surface area contributed by atoms with Crippen LogP contribution in [0.15, 0.2) is 48.5 Å². The number of ketones is 1. The molecule has 0 bridgehead atoms. The minimum Gasteiger partial charge on any atom is -0.494 e. The first kappa shape index (κ1) is 21.3. The maximum absolute atomic E-state index is 11.2. The minimum absolute atomic E-state index is 0.0935. The Kier molecular flexibility index (Phi) is 8.75. The van der Waals surface area contributed by atoms with Crippen molar-refractivity contribution in [1.29, 1.82) is 0 Å². The Morgan fingerprint density at radius 3 is 2.00 bits per heavy atom. The maximum atomic E-state index is 11.2. The van der Waals surface area contributed by atoms with Gasteiger partial charge in [0.2, 0.25) is 0 Å².